The number of hydrogen-bond acceptors (Lipinski definition) is 3. The van der Waals surface area contributed by atoms with E-state index in [4.69, 9.17) is 5.73 Å². The second-order valence-corrected chi connectivity index (χ2v) is 4.23. The molecule has 0 aliphatic heterocycles. The highest BCUT2D eigenvalue weighted by atomic mass is 79.9. The first kappa shape index (κ1) is 10.4. The van der Waals surface area contributed by atoms with Crippen molar-refractivity contribution < 1.29 is 0 Å². The van der Waals surface area contributed by atoms with Gasteiger partial charge in [-0.15, -0.1) is 0 Å². The molecule has 0 unspecified atom stereocenters. The molecule has 0 fully saturated rings. The Morgan fingerprint density at radius 2 is 2.27 bits per heavy atom. The quantitative estimate of drug-likeness (QED) is 0.890. The molecule has 0 bridgehead atoms. The summed E-state index contributed by atoms with van der Waals surface area (Å²) in [7, 11) is 1.89. The maximum absolute atomic E-state index is 5.70. The van der Waals surface area contributed by atoms with E-state index < -0.39 is 0 Å². The fourth-order valence-corrected chi connectivity index (χ4v) is 1.92. The highest BCUT2D eigenvalue weighted by Gasteiger charge is 2.14. The number of aromatic nitrogens is 4. The average Bonchev–Trinajstić information content (AvgIpc) is 2.70. The van der Waals surface area contributed by atoms with E-state index in [9.17, 15) is 0 Å². The van der Waals surface area contributed by atoms with Crippen molar-refractivity contribution in [1.82, 2.24) is 19.6 Å². The SMILES string of the molecule is Cc1nn(C)c(-n2cc(Br)cn2)c1CN. The highest BCUT2D eigenvalue weighted by Crippen LogP contribution is 2.18. The van der Waals surface area contributed by atoms with Crippen molar-refractivity contribution in [3.63, 3.8) is 0 Å². The number of rotatable bonds is 2. The molecule has 2 rings (SSSR count). The maximum Gasteiger partial charge on any atom is 0.156 e. The molecule has 0 aliphatic carbocycles. The second-order valence-electron chi connectivity index (χ2n) is 3.32. The number of nitrogens with two attached hydrogens (primary N) is 1. The van der Waals surface area contributed by atoms with Crippen LogP contribution < -0.4 is 5.73 Å². The van der Waals surface area contributed by atoms with Gasteiger partial charge < -0.3 is 5.73 Å². The van der Waals surface area contributed by atoms with Gasteiger partial charge in [-0.2, -0.15) is 10.2 Å². The second kappa shape index (κ2) is 3.79. The zero-order valence-electron chi connectivity index (χ0n) is 8.61. The zero-order chi connectivity index (χ0) is 11.0. The fraction of sp³-hybridized carbons (Fsp3) is 0.333. The lowest BCUT2D eigenvalue weighted by atomic mass is 10.2. The van der Waals surface area contributed by atoms with E-state index in [0.29, 0.717) is 6.54 Å². The van der Waals surface area contributed by atoms with E-state index in [1.54, 1.807) is 15.6 Å². The lowest BCUT2D eigenvalue weighted by Crippen LogP contribution is -2.08. The van der Waals surface area contributed by atoms with Crippen LogP contribution in [0.1, 0.15) is 11.3 Å². The van der Waals surface area contributed by atoms with Crippen LogP contribution in [0.15, 0.2) is 16.9 Å². The Morgan fingerprint density at radius 1 is 1.53 bits per heavy atom. The van der Waals surface area contributed by atoms with Gasteiger partial charge >= 0.3 is 0 Å². The van der Waals surface area contributed by atoms with Crippen LogP contribution in [0.4, 0.5) is 0 Å². The molecule has 2 aromatic heterocycles. The van der Waals surface area contributed by atoms with E-state index in [1.165, 1.54) is 0 Å². The van der Waals surface area contributed by atoms with Crippen molar-refractivity contribution in [2.24, 2.45) is 12.8 Å². The maximum atomic E-state index is 5.70. The molecule has 2 heterocycles. The summed E-state index contributed by atoms with van der Waals surface area (Å²) in [5.74, 6) is 0.917. The van der Waals surface area contributed by atoms with Crippen molar-refractivity contribution in [3.05, 3.63) is 28.1 Å². The van der Waals surface area contributed by atoms with Crippen LogP contribution in [0, 0.1) is 6.92 Å². The number of hydrogen-bond donors (Lipinski definition) is 1. The van der Waals surface area contributed by atoms with Crippen LogP contribution in [0.25, 0.3) is 5.82 Å². The first-order valence-electron chi connectivity index (χ1n) is 4.56. The minimum Gasteiger partial charge on any atom is -0.326 e. The van der Waals surface area contributed by atoms with Crippen LogP contribution in [-0.4, -0.2) is 19.6 Å². The minimum absolute atomic E-state index is 0.465. The van der Waals surface area contributed by atoms with E-state index in [0.717, 1.165) is 21.5 Å². The molecule has 0 saturated heterocycles. The van der Waals surface area contributed by atoms with Gasteiger partial charge in [-0.25, -0.2) is 4.68 Å². The Kier molecular flexibility index (Phi) is 2.62. The normalized spacial score (nSPS) is 10.9. The molecule has 2 N–H and O–H groups in total. The molecule has 80 valence electrons. The van der Waals surface area contributed by atoms with Crippen LogP contribution in [0.5, 0.6) is 0 Å². The summed E-state index contributed by atoms with van der Waals surface area (Å²) >= 11 is 3.36. The van der Waals surface area contributed by atoms with E-state index >= 15 is 0 Å². The smallest absolute Gasteiger partial charge is 0.156 e. The summed E-state index contributed by atoms with van der Waals surface area (Å²) < 4.78 is 4.49. The van der Waals surface area contributed by atoms with Gasteiger partial charge in [-0.3, -0.25) is 4.68 Å². The van der Waals surface area contributed by atoms with Crippen molar-refractivity contribution in [3.8, 4) is 5.82 Å². The summed E-state index contributed by atoms with van der Waals surface area (Å²) in [4.78, 5) is 0. The number of nitrogens with zero attached hydrogens (tertiary/aromatic N) is 4. The third-order valence-electron chi connectivity index (χ3n) is 2.29. The van der Waals surface area contributed by atoms with Crippen molar-refractivity contribution in [2.45, 2.75) is 13.5 Å². The van der Waals surface area contributed by atoms with Crippen molar-refractivity contribution in [2.75, 3.05) is 0 Å². The topological polar surface area (TPSA) is 61.7 Å². The summed E-state index contributed by atoms with van der Waals surface area (Å²) in [6.07, 6.45) is 3.62. The summed E-state index contributed by atoms with van der Waals surface area (Å²) in [5, 5.41) is 8.55. The molecule has 0 radical (unpaired) electrons. The summed E-state index contributed by atoms with van der Waals surface area (Å²) in [6, 6.07) is 0. The lowest BCUT2D eigenvalue weighted by Gasteiger charge is -2.04. The van der Waals surface area contributed by atoms with Crippen LogP contribution >= 0.6 is 15.9 Å². The van der Waals surface area contributed by atoms with Gasteiger partial charge in [-0.1, -0.05) is 0 Å². The Morgan fingerprint density at radius 3 is 2.80 bits per heavy atom. The van der Waals surface area contributed by atoms with Gasteiger partial charge in [0.1, 0.15) is 0 Å². The standard InChI is InChI=1S/C9H12BrN5/c1-6-8(3-11)9(14(2)13-6)15-5-7(10)4-12-15/h4-5H,3,11H2,1-2H3. The van der Waals surface area contributed by atoms with Gasteiger partial charge in [0.2, 0.25) is 0 Å². The van der Waals surface area contributed by atoms with Crippen LogP contribution in [0.2, 0.25) is 0 Å². The Balaban J connectivity index is 2.61. The van der Waals surface area contributed by atoms with Crippen LogP contribution in [-0.2, 0) is 13.6 Å². The molecule has 0 saturated carbocycles. The van der Waals surface area contributed by atoms with Gasteiger partial charge in [0.05, 0.1) is 16.4 Å². The molecular formula is C9H12BrN5. The molecule has 2 aromatic rings. The van der Waals surface area contributed by atoms with Crippen molar-refractivity contribution >= 4 is 15.9 Å². The predicted octanol–water partition coefficient (Wildman–Crippen LogP) is 1.14. The first-order chi connectivity index (χ1) is 7.13. The van der Waals surface area contributed by atoms with E-state index in [1.807, 2.05) is 20.2 Å². The first-order valence-corrected chi connectivity index (χ1v) is 5.36. The fourth-order valence-electron chi connectivity index (χ4n) is 1.63. The Hall–Kier alpha value is -1.14. The predicted molar refractivity (Wildman–Crippen MR) is 60.7 cm³/mol. The Labute approximate surface area is 96.0 Å². The zero-order valence-corrected chi connectivity index (χ0v) is 10.2. The molecule has 0 atom stereocenters. The number of halogens is 1. The summed E-state index contributed by atoms with van der Waals surface area (Å²) in [6.45, 7) is 2.41. The number of aryl methyl sites for hydroxylation is 2. The largest absolute Gasteiger partial charge is 0.326 e. The minimum atomic E-state index is 0.465. The molecule has 6 heteroatoms. The third kappa shape index (κ3) is 1.70. The molecule has 0 spiro atoms. The van der Waals surface area contributed by atoms with Gasteiger partial charge in [0, 0.05) is 25.4 Å². The van der Waals surface area contributed by atoms with Gasteiger partial charge in [-0.05, 0) is 22.9 Å². The monoisotopic (exact) mass is 269 g/mol. The molecule has 0 amide bonds. The van der Waals surface area contributed by atoms with Crippen LogP contribution in [0.3, 0.4) is 0 Å². The molecule has 0 aromatic carbocycles. The average molecular weight is 270 g/mol. The molecular weight excluding hydrogens is 258 g/mol. The third-order valence-corrected chi connectivity index (χ3v) is 2.69. The van der Waals surface area contributed by atoms with Gasteiger partial charge in [0.25, 0.3) is 0 Å². The van der Waals surface area contributed by atoms with E-state index in [-0.39, 0.29) is 0 Å². The molecule has 5 nitrogen and oxygen atoms in total. The molecule has 0 aliphatic rings. The summed E-state index contributed by atoms with van der Waals surface area (Å²) in [5.41, 5.74) is 7.67. The van der Waals surface area contributed by atoms with Crippen molar-refractivity contribution in [1.29, 1.82) is 0 Å². The highest BCUT2D eigenvalue weighted by molar-refractivity contribution is 9.10. The van der Waals surface area contributed by atoms with Gasteiger partial charge in [0.15, 0.2) is 5.82 Å². The van der Waals surface area contributed by atoms with E-state index in [2.05, 4.69) is 26.1 Å². The Bertz CT molecular complexity index is 485. The lowest BCUT2D eigenvalue weighted by molar-refractivity contribution is 0.691. The molecule has 15 heavy (non-hydrogen) atoms.